The highest BCUT2D eigenvalue weighted by Crippen LogP contribution is 2.32. The lowest BCUT2D eigenvalue weighted by atomic mass is 10.0. The van der Waals surface area contributed by atoms with Gasteiger partial charge in [-0.15, -0.1) is 0 Å². The lowest BCUT2D eigenvalue weighted by Gasteiger charge is -2.30. The van der Waals surface area contributed by atoms with E-state index in [2.05, 4.69) is 5.32 Å². The third-order valence-corrected chi connectivity index (χ3v) is 4.46. The lowest BCUT2D eigenvalue weighted by molar-refractivity contribution is -0.00912. The lowest BCUT2D eigenvalue weighted by Crippen LogP contribution is -2.40. The molecule has 2 nitrogen and oxygen atoms in total. The van der Waals surface area contributed by atoms with Crippen molar-refractivity contribution in [1.82, 2.24) is 5.32 Å². The Hall–Kier alpha value is -0.0800. The fraction of sp³-hybridized carbons (Fsp3) is 1.00. The highest BCUT2D eigenvalue weighted by Gasteiger charge is 2.34. The van der Waals surface area contributed by atoms with Crippen LogP contribution in [-0.2, 0) is 4.74 Å². The maximum absolute atomic E-state index is 5.86. The van der Waals surface area contributed by atoms with Crippen molar-refractivity contribution in [2.24, 2.45) is 5.92 Å². The summed E-state index contributed by atoms with van der Waals surface area (Å²) in [7, 11) is 0. The third-order valence-electron chi connectivity index (χ3n) is 4.46. The molecule has 2 heteroatoms. The highest BCUT2D eigenvalue weighted by atomic mass is 16.5. The smallest absolute Gasteiger partial charge is 0.0594 e. The number of nitrogens with one attached hydrogen (secondary N) is 1. The maximum Gasteiger partial charge on any atom is 0.0594 e. The average Bonchev–Trinajstić information content (AvgIpc) is 2.86. The molecule has 3 aliphatic rings. The van der Waals surface area contributed by atoms with E-state index in [0.717, 1.165) is 12.0 Å². The van der Waals surface area contributed by atoms with Gasteiger partial charge in [-0.3, -0.25) is 0 Å². The zero-order chi connectivity index (χ0) is 10.1. The Labute approximate surface area is 92.8 Å². The minimum absolute atomic E-state index is 0.588. The summed E-state index contributed by atoms with van der Waals surface area (Å²) in [5, 5.41) is 3.78. The minimum Gasteiger partial charge on any atom is -0.375 e. The van der Waals surface area contributed by atoms with Crippen molar-refractivity contribution in [3.63, 3.8) is 0 Å². The summed E-state index contributed by atoms with van der Waals surface area (Å²) in [6.45, 7) is 1.27. The number of ether oxygens (including phenoxy) is 1. The van der Waals surface area contributed by atoms with Crippen molar-refractivity contribution in [2.45, 2.75) is 69.6 Å². The van der Waals surface area contributed by atoms with Crippen molar-refractivity contribution in [3.8, 4) is 0 Å². The van der Waals surface area contributed by atoms with Crippen molar-refractivity contribution in [2.75, 3.05) is 6.54 Å². The monoisotopic (exact) mass is 209 g/mol. The second kappa shape index (κ2) is 4.42. The number of fused-ring (bicyclic) bond motifs is 2. The van der Waals surface area contributed by atoms with Gasteiger partial charge in [0.05, 0.1) is 12.2 Å². The molecule has 2 saturated heterocycles. The first-order valence-corrected chi connectivity index (χ1v) is 6.79. The Morgan fingerprint density at radius 2 is 1.60 bits per heavy atom. The summed E-state index contributed by atoms with van der Waals surface area (Å²) in [6.07, 6.45) is 12.2. The van der Waals surface area contributed by atoms with Crippen molar-refractivity contribution in [1.29, 1.82) is 0 Å². The third kappa shape index (κ3) is 2.36. The molecule has 3 fully saturated rings. The van der Waals surface area contributed by atoms with E-state index >= 15 is 0 Å². The van der Waals surface area contributed by atoms with Gasteiger partial charge in [-0.1, -0.05) is 12.8 Å². The molecule has 2 unspecified atom stereocenters. The van der Waals surface area contributed by atoms with Crippen molar-refractivity contribution < 1.29 is 4.74 Å². The maximum atomic E-state index is 5.86. The Kier molecular flexibility index (Phi) is 2.98. The van der Waals surface area contributed by atoms with Crippen molar-refractivity contribution >= 4 is 0 Å². The highest BCUT2D eigenvalue weighted by molar-refractivity contribution is 4.88. The molecule has 2 aliphatic heterocycles. The first-order valence-electron chi connectivity index (χ1n) is 6.79. The van der Waals surface area contributed by atoms with Gasteiger partial charge in [-0.25, -0.2) is 0 Å². The van der Waals surface area contributed by atoms with Crippen LogP contribution >= 0.6 is 0 Å². The molecule has 0 aromatic heterocycles. The molecule has 2 heterocycles. The fourth-order valence-electron chi connectivity index (χ4n) is 3.57. The van der Waals surface area contributed by atoms with Crippen LogP contribution in [0.3, 0.4) is 0 Å². The van der Waals surface area contributed by atoms with E-state index in [1.54, 1.807) is 0 Å². The van der Waals surface area contributed by atoms with E-state index < -0.39 is 0 Å². The van der Waals surface area contributed by atoms with Gasteiger partial charge in [0, 0.05) is 6.04 Å². The van der Waals surface area contributed by atoms with E-state index in [9.17, 15) is 0 Å². The topological polar surface area (TPSA) is 21.3 Å². The van der Waals surface area contributed by atoms with E-state index in [4.69, 9.17) is 4.74 Å². The summed E-state index contributed by atoms with van der Waals surface area (Å²) in [6, 6.07) is 0.761. The van der Waals surface area contributed by atoms with E-state index in [-0.39, 0.29) is 0 Å². The standard InChI is InChI=1S/C13H23NO/c1-2-4-10(3-1)9-14-11-7-12-5-6-13(8-11)15-12/h10-14H,1-9H2. The van der Waals surface area contributed by atoms with E-state index in [1.165, 1.54) is 57.9 Å². The molecular weight excluding hydrogens is 186 g/mol. The molecule has 0 spiro atoms. The van der Waals surface area contributed by atoms with Gasteiger partial charge in [0.15, 0.2) is 0 Å². The van der Waals surface area contributed by atoms with Gasteiger partial charge in [0.25, 0.3) is 0 Å². The predicted molar refractivity (Wildman–Crippen MR) is 60.9 cm³/mol. The largest absolute Gasteiger partial charge is 0.375 e. The molecular formula is C13H23NO. The minimum atomic E-state index is 0.588. The van der Waals surface area contributed by atoms with Gasteiger partial charge >= 0.3 is 0 Å². The molecule has 2 atom stereocenters. The van der Waals surface area contributed by atoms with Crippen LogP contribution in [0.4, 0.5) is 0 Å². The zero-order valence-electron chi connectivity index (χ0n) is 9.58. The van der Waals surface area contributed by atoms with Crippen LogP contribution in [0.15, 0.2) is 0 Å². The SMILES string of the molecule is C1CCC(CNC2CC3CCC(C2)O3)C1. The number of hydrogen-bond donors (Lipinski definition) is 1. The number of rotatable bonds is 3. The van der Waals surface area contributed by atoms with Gasteiger partial charge in [0.1, 0.15) is 0 Å². The van der Waals surface area contributed by atoms with E-state index in [0.29, 0.717) is 12.2 Å². The quantitative estimate of drug-likeness (QED) is 0.771. The molecule has 15 heavy (non-hydrogen) atoms. The first-order chi connectivity index (χ1) is 7.40. The number of hydrogen-bond acceptors (Lipinski definition) is 2. The first kappa shape index (κ1) is 10.1. The van der Waals surface area contributed by atoms with Gasteiger partial charge < -0.3 is 10.1 Å². The van der Waals surface area contributed by atoms with Gasteiger partial charge in [0.2, 0.25) is 0 Å². The molecule has 1 aliphatic carbocycles. The van der Waals surface area contributed by atoms with Crippen LogP contribution in [0.2, 0.25) is 0 Å². The second-order valence-corrected chi connectivity index (χ2v) is 5.68. The molecule has 1 N–H and O–H groups in total. The summed E-state index contributed by atoms with van der Waals surface area (Å²) >= 11 is 0. The Morgan fingerprint density at radius 1 is 0.933 bits per heavy atom. The van der Waals surface area contributed by atoms with Crippen molar-refractivity contribution in [3.05, 3.63) is 0 Å². The zero-order valence-corrected chi connectivity index (χ0v) is 9.58. The summed E-state index contributed by atoms with van der Waals surface area (Å²) in [4.78, 5) is 0. The Bertz CT molecular complexity index is 201. The van der Waals surface area contributed by atoms with Crippen LogP contribution in [0.5, 0.6) is 0 Å². The van der Waals surface area contributed by atoms with Crippen LogP contribution in [0, 0.1) is 5.92 Å². The molecule has 0 radical (unpaired) electrons. The van der Waals surface area contributed by atoms with Crippen LogP contribution in [0.1, 0.15) is 51.4 Å². The van der Waals surface area contributed by atoms with Gasteiger partial charge in [-0.05, 0) is 51.0 Å². The summed E-state index contributed by atoms with van der Waals surface area (Å²) < 4.78 is 5.86. The van der Waals surface area contributed by atoms with E-state index in [1.807, 2.05) is 0 Å². The van der Waals surface area contributed by atoms with Crippen LogP contribution in [-0.4, -0.2) is 24.8 Å². The normalized spacial score (nSPS) is 41.2. The molecule has 1 saturated carbocycles. The average molecular weight is 209 g/mol. The Balaban J connectivity index is 1.43. The molecule has 86 valence electrons. The molecule has 0 aromatic rings. The summed E-state index contributed by atoms with van der Waals surface area (Å²) in [5.41, 5.74) is 0. The Morgan fingerprint density at radius 3 is 2.27 bits per heavy atom. The molecule has 3 rings (SSSR count). The predicted octanol–water partition coefficient (Wildman–Crippen LogP) is 2.48. The van der Waals surface area contributed by atoms with Crippen LogP contribution < -0.4 is 5.32 Å². The molecule has 0 aromatic carbocycles. The van der Waals surface area contributed by atoms with Crippen LogP contribution in [0.25, 0.3) is 0 Å². The molecule has 2 bridgehead atoms. The van der Waals surface area contributed by atoms with Gasteiger partial charge in [-0.2, -0.15) is 0 Å². The second-order valence-electron chi connectivity index (χ2n) is 5.68. The molecule has 0 amide bonds. The fourth-order valence-corrected chi connectivity index (χ4v) is 3.57. The summed E-state index contributed by atoms with van der Waals surface area (Å²) in [5.74, 6) is 0.977.